The molecule has 0 saturated heterocycles. The third-order valence-corrected chi connectivity index (χ3v) is 4.73. The predicted molar refractivity (Wildman–Crippen MR) is 83.8 cm³/mol. The number of aromatic nitrogens is 2. The minimum Gasteiger partial charge on any atom is -0.748 e. The van der Waals surface area contributed by atoms with Gasteiger partial charge < -0.3 is 9.11 Å². The van der Waals surface area contributed by atoms with E-state index in [4.69, 9.17) is 0 Å². The maximum Gasteiger partial charge on any atom is 0.100 e. The fourth-order valence-electron chi connectivity index (χ4n) is 2.61. The van der Waals surface area contributed by atoms with Crippen LogP contribution in [-0.4, -0.2) is 35.9 Å². The molecule has 0 fully saturated rings. The normalized spacial score (nSPS) is 12.8. The molecule has 0 aliphatic carbocycles. The van der Waals surface area contributed by atoms with Crippen molar-refractivity contribution in [2.45, 2.75) is 11.5 Å². The van der Waals surface area contributed by atoms with Gasteiger partial charge >= 0.3 is 0 Å². The minimum absolute atomic E-state index is 0.110. The van der Waals surface area contributed by atoms with E-state index in [0.29, 0.717) is 21.5 Å². The van der Waals surface area contributed by atoms with Gasteiger partial charge in [0.05, 0.1) is 22.9 Å². The van der Waals surface area contributed by atoms with Crippen LogP contribution in [0.3, 0.4) is 0 Å². The van der Waals surface area contributed by atoms with Crippen molar-refractivity contribution in [1.29, 1.82) is 0 Å². The van der Waals surface area contributed by atoms with Crippen molar-refractivity contribution in [2.24, 2.45) is 0 Å². The number of nitrogens with zero attached hydrogens (tertiary/aromatic N) is 2. The summed E-state index contributed by atoms with van der Waals surface area (Å²) in [7, 11) is -9.00. The van der Waals surface area contributed by atoms with Gasteiger partial charge in [-0.25, -0.2) is 16.8 Å². The second kappa shape index (κ2) is 5.74. The van der Waals surface area contributed by atoms with Gasteiger partial charge in [-0.1, -0.05) is 12.1 Å². The first-order valence-electron chi connectivity index (χ1n) is 6.65. The largest absolute Gasteiger partial charge is 0.748 e. The molecule has 8 nitrogen and oxygen atoms in total. The highest BCUT2D eigenvalue weighted by Crippen LogP contribution is 2.29. The van der Waals surface area contributed by atoms with Crippen molar-refractivity contribution >= 4 is 41.8 Å². The lowest BCUT2D eigenvalue weighted by molar-refractivity contribution is 0.459. The lowest BCUT2D eigenvalue weighted by Crippen LogP contribution is -2.06. The Morgan fingerprint density at radius 2 is 1.04 bits per heavy atom. The fourth-order valence-corrected chi connectivity index (χ4v) is 3.74. The smallest absolute Gasteiger partial charge is 0.100 e. The molecule has 0 aliphatic rings. The Kier molecular flexibility index (Phi) is 4.00. The van der Waals surface area contributed by atoms with Crippen LogP contribution in [0.25, 0.3) is 21.5 Å². The van der Waals surface area contributed by atoms with E-state index in [0.717, 1.165) is 0 Å². The van der Waals surface area contributed by atoms with Crippen molar-refractivity contribution < 1.29 is 25.9 Å². The highest BCUT2D eigenvalue weighted by atomic mass is 32.2. The van der Waals surface area contributed by atoms with Gasteiger partial charge in [-0.3, -0.25) is 9.97 Å². The summed E-state index contributed by atoms with van der Waals surface area (Å²) >= 11 is 0. The van der Waals surface area contributed by atoms with Gasteiger partial charge in [0.25, 0.3) is 0 Å². The van der Waals surface area contributed by atoms with E-state index in [1.54, 1.807) is 12.1 Å². The van der Waals surface area contributed by atoms with E-state index in [1.807, 2.05) is 0 Å². The van der Waals surface area contributed by atoms with Gasteiger partial charge in [0.2, 0.25) is 0 Å². The van der Waals surface area contributed by atoms with Gasteiger partial charge in [0.1, 0.15) is 20.2 Å². The Morgan fingerprint density at radius 1 is 0.667 bits per heavy atom. The van der Waals surface area contributed by atoms with Crippen LogP contribution in [0, 0.1) is 0 Å². The fraction of sp³-hybridized carbons (Fsp3) is 0.143. The molecule has 3 aromatic rings. The van der Waals surface area contributed by atoms with Crippen molar-refractivity contribution in [1.82, 2.24) is 9.97 Å². The molecule has 0 atom stereocenters. The first kappa shape index (κ1) is 16.7. The summed E-state index contributed by atoms with van der Waals surface area (Å²) < 4.78 is 66.1. The maximum atomic E-state index is 11.0. The molecule has 0 amide bonds. The van der Waals surface area contributed by atoms with Crippen LogP contribution in [-0.2, 0) is 31.7 Å². The zero-order valence-corrected chi connectivity index (χ0v) is 13.7. The predicted octanol–water partition coefficient (Wildman–Crippen LogP) is 0.873. The van der Waals surface area contributed by atoms with Crippen molar-refractivity contribution in [3.8, 4) is 0 Å². The Labute approximate surface area is 137 Å². The zero-order valence-electron chi connectivity index (χ0n) is 12.0. The standard InChI is InChI=1S/C14H12N2O6S2/c17-23(18,19)7-13-11-1-2-12-10(9(11)3-5-15-13)4-6-16-14(12)8-24(20,21)22/h1-6H,7-8H2,(H,17,18,19)(H,20,21,22)/p-2. The Balaban J connectivity index is 2.29. The second-order valence-electron chi connectivity index (χ2n) is 5.18. The van der Waals surface area contributed by atoms with Crippen molar-refractivity contribution in [2.75, 3.05) is 0 Å². The summed E-state index contributed by atoms with van der Waals surface area (Å²) in [5, 5.41) is 2.11. The number of pyridine rings is 2. The van der Waals surface area contributed by atoms with Crippen LogP contribution in [0.5, 0.6) is 0 Å². The summed E-state index contributed by atoms with van der Waals surface area (Å²) in [6.45, 7) is 0. The molecule has 0 N–H and O–H groups in total. The van der Waals surface area contributed by atoms with Gasteiger partial charge in [0.15, 0.2) is 0 Å². The minimum atomic E-state index is -4.50. The van der Waals surface area contributed by atoms with Gasteiger partial charge in [-0.05, 0) is 22.9 Å². The zero-order chi connectivity index (χ0) is 17.5. The number of hydrogen-bond acceptors (Lipinski definition) is 8. The van der Waals surface area contributed by atoms with Crippen LogP contribution >= 0.6 is 0 Å². The number of rotatable bonds is 4. The first-order valence-corrected chi connectivity index (χ1v) is 9.81. The average molecular weight is 366 g/mol. The Bertz CT molecular complexity index is 1060. The molecule has 2 aromatic heterocycles. The maximum absolute atomic E-state index is 11.0. The molecule has 10 heteroatoms. The second-order valence-corrected chi connectivity index (χ2v) is 7.98. The molecular formula is C14H10N2O6S2-2. The molecule has 0 bridgehead atoms. The van der Waals surface area contributed by atoms with Crippen LogP contribution in [0.1, 0.15) is 11.4 Å². The summed E-state index contributed by atoms with van der Waals surface area (Å²) in [5.74, 6) is -1.49. The number of benzene rings is 1. The van der Waals surface area contributed by atoms with Crippen LogP contribution < -0.4 is 0 Å². The molecule has 0 radical (unpaired) electrons. The van der Waals surface area contributed by atoms with Gasteiger partial charge in [-0.15, -0.1) is 0 Å². The lowest BCUT2D eigenvalue weighted by atomic mass is 10.0. The molecule has 0 spiro atoms. The molecule has 0 aliphatic heterocycles. The lowest BCUT2D eigenvalue weighted by Gasteiger charge is -2.13. The molecule has 3 rings (SSSR count). The van der Waals surface area contributed by atoms with Crippen molar-refractivity contribution in [3.05, 3.63) is 48.0 Å². The molecule has 1 aromatic carbocycles. The number of hydrogen-bond donors (Lipinski definition) is 0. The topological polar surface area (TPSA) is 140 Å². The van der Waals surface area contributed by atoms with Crippen LogP contribution in [0.2, 0.25) is 0 Å². The van der Waals surface area contributed by atoms with Crippen LogP contribution in [0.4, 0.5) is 0 Å². The Morgan fingerprint density at radius 3 is 1.38 bits per heavy atom. The molecular weight excluding hydrogens is 356 g/mol. The van der Waals surface area contributed by atoms with Gasteiger partial charge in [-0.2, -0.15) is 0 Å². The first-order chi connectivity index (χ1) is 11.1. The summed E-state index contributed by atoms with van der Waals surface area (Å²) in [4.78, 5) is 7.88. The average Bonchev–Trinajstić information content (AvgIpc) is 2.44. The molecule has 0 unspecified atom stereocenters. The van der Waals surface area contributed by atoms with E-state index < -0.39 is 31.7 Å². The SMILES string of the molecule is O=S(=O)([O-])Cc1nccc2c1ccc1c(CS(=O)(=O)[O-])nccc12. The van der Waals surface area contributed by atoms with E-state index in [2.05, 4.69) is 9.97 Å². The van der Waals surface area contributed by atoms with E-state index >= 15 is 0 Å². The highest BCUT2D eigenvalue weighted by molar-refractivity contribution is 7.85. The summed E-state index contributed by atoms with van der Waals surface area (Å²) in [6, 6.07) is 6.31. The van der Waals surface area contributed by atoms with E-state index in [1.165, 1.54) is 24.5 Å². The third-order valence-electron chi connectivity index (χ3n) is 3.48. The monoisotopic (exact) mass is 366 g/mol. The number of fused-ring (bicyclic) bond motifs is 3. The van der Waals surface area contributed by atoms with Crippen molar-refractivity contribution in [3.63, 3.8) is 0 Å². The highest BCUT2D eigenvalue weighted by Gasteiger charge is 2.12. The molecule has 2 heterocycles. The van der Waals surface area contributed by atoms with Gasteiger partial charge in [0, 0.05) is 23.2 Å². The Hall–Kier alpha value is -2.14. The molecule has 24 heavy (non-hydrogen) atoms. The summed E-state index contributed by atoms with van der Waals surface area (Å²) in [5.41, 5.74) is 0.221. The quantitative estimate of drug-likeness (QED) is 0.489. The van der Waals surface area contributed by atoms with E-state index in [9.17, 15) is 25.9 Å². The van der Waals surface area contributed by atoms with Crippen LogP contribution in [0.15, 0.2) is 36.7 Å². The third kappa shape index (κ3) is 3.51. The molecule has 126 valence electrons. The van der Waals surface area contributed by atoms with E-state index in [-0.39, 0.29) is 11.4 Å². The molecule has 0 saturated carbocycles. The summed E-state index contributed by atoms with van der Waals surface area (Å²) in [6.07, 6.45) is 2.74.